The van der Waals surface area contributed by atoms with Crippen molar-refractivity contribution < 1.29 is 18.4 Å². The number of amides is 2. The van der Waals surface area contributed by atoms with Crippen LogP contribution in [0.5, 0.6) is 0 Å². The number of anilines is 1. The van der Waals surface area contributed by atoms with Gasteiger partial charge in [0.05, 0.1) is 17.8 Å². The van der Waals surface area contributed by atoms with Crippen molar-refractivity contribution in [3.63, 3.8) is 0 Å². The zero-order chi connectivity index (χ0) is 20.4. The third-order valence-electron chi connectivity index (χ3n) is 4.34. The number of benzene rings is 2. The van der Waals surface area contributed by atoms with E-state index in [0.717, 1.165) is 0 Å². The van der Waals surface area contributed by atoms with Crippen molar-refractivity contribution in [3.05, 3.63) is 72.1 Å². The molecule has 1 aromatic heterocycles. The van der Waals surface area contributed by atoms with Crippen molar-refractivity contribution in [2.75, 3.05) is 16.9 Å². The lowest BCUT2D eigenvalue weighted by atomic mass is 10.2. The van der Waals surface area contributed by atoms with Crippen LogP contribution in [-0.4, -0.2) is 49.4 Å². The fourth-order valence-corrected chi connectivity index (χ4v) is 4.03. The highest BCUT2D eigenvalue weighted by molar-refractivity contribution is 7.99. The molecule has 1 atom stereocenters. The largest absolute Gasteiger partial charge is 0.324 e. The Balaban J connectivity index is 1.49. The highest BCUT2D eigenvalue weighted by Gasteiger charge is 2.36. The van der Waals surface area contributed by atoms with E-state index in [0.29, 0.717) is 23.0 Å². The summed E-state index contributed by atoms with van der Waals surface area (Å²) in [6.07, 6.45) is 1.43. The number of thioether (sulfide) groups is 1. The summed E-state index contributed by atoms with van der Waals surface area (Å²) >= 11 is 1.43. The quantitative estimate of drug-likeness (QED) is 0.709. The fraction of sp³-hybridized carbons (Fsp3) is 0.158. The van der Waals surface area contributed by atoms with Crippen LogP contribution >= 0.6 is 11.8 Å². The number of rotatable bonds is 4. The van der Waals surface area contributed by atoms with Crippen molar-refractivity contribution in [3.8, 4) is 5.69 Å². The van der Waals surface area contributed by atoms with E-state index in [9.17, 15) is 18.4 Å². The van der Waals surface area contributed by atoms with Gasteiger partial charge in [-0.05, 0) is 42.5 Å². The summed E-state index contributed by atoms with van der Waals surface area (Å²) in [5.74, 6) is -0.953. The molecule has 1 saturated heterocycles. The number of carbonyl (C=O) groups is 2. The van der Waals surface area contributed by atoms with Crippen molar-refractivity contribution >= 4 is 29.3 Å². The molecular weight excluding hydrogens is 400 g/mol. The first-order valence-corrected chi connectivity index (χ1v) is 9.80. The zero-order valence-electron chi connectivity index (χ0n) is 15.0. The fourth-order valence-electron chi connectivity index (χ4n) is 2.88. The molecule has 0 spiro atoms. The molecule has 2 heterocycles. The molecular formula is C19H15F2N5O2S. The van der Waals surface area contributed by atoms with Gasteiger partial charge in [-0.1, -0.05) is 11.3 Å². The Labute approximate surface area is 168 Å². The van der Waals surface area contributed by atoms with Crippen LogP contribution < -0.4 is 5.32 Å². The maximum Gasteiger partial charge on any atom is 0.277 e. The molecule has 29 heavy (non-hydrogen) atoms. The SMILES string of the molecule is O=C(Nc1cccc(F)c1)C1CSCN1C(=O)c1cn(-c2ccc(F)cc2)nn1. The predicted molar refractivity (Wildman–Crippen MR) is 104 cm³/mol. The maximum atomic E-state index is 13.3. The van der Waals surface area contributed by atoms with Gasteiger partial charge in [0.25, 0.3) is 5.91 Å². The molecule has 10 heteroatoms. The molecule has 0 radical (unpaired) electrons. The van der Waals surface area contributed by atoms with Gasteiger partial charge in [-0.2, -0.15) is 0 Å². The van der Waals surface area contributed by atoms with E-state index in [1.54, 1.807) is 6.07 Å². The summed E-state index contributed by atoms with van der Waals surface area (Å²) in [4.78, 5) is 26.9. The van der Waals surface area contributed by atoms with Crippen LogP contribution in [0, 0.1) is 11.6 Å². The van der Waals surface area contributed by atoms with E-state index in [4.69, 9.17) is 0 Å². The number of carbonyl (C=O) groups excluding carboxylic acids is 2. The van der Waals surface area contributed by atoms with Gasteiger partial charge in [0, 0.05) is 11.4 Å². The Hall–Kier alpha value is -3.27. The van der Waals surface area contributed by atoms with Crippen LogP contribution in [0.3, 0.4) is 0 Å². The zero-order valence-corrected chi connectivity index (χ0v) is 15.8. The minimum Gasteiger partial charge on any atom is -0.324 e. The van der Waals surface area contributed by atoms with Gasteiger partial charge in [0.2, 0.25) is 5.91 Å². The number of aromatic nitrogens is 3. The molecule has 3 aromatic rings. The molecule has 7 nitrogen and oxygen atoms in total. The van der Waals surface area contributed by atoms with Crippen molar-refractivity contribution in [2.24, 2.45) is 0 Å². The number of nitrogens with zero attached hydrogens (tertiary/aromatic N) is 4. The highest BCUT2D eigenvalue weighted by atomic mass is 32.2. The maximum absolute atomic E-state index is 13.3. The Bertz CT molecular complexity index is 1060. The van der Waals surface area contributed by atoms with Crippen LogP contribution in [0.4, 0.5) is 14.5 Å². The lowest BCUT2D eigenvalue weighted by molar-refractivity contribution is -0.119. The molecule has 1 unspecified atom stereocenters. The Morgan fingerprint density at radius 3 is 2.66 bits per heavy atom. The summed E-state index contributed by atoms with van der Waals surface area (Å²) in [5, 5.41) is 10.4. The molecule has 1 fully saturated rings. The van der Waals surface area contributed by atoms with E-state index in [-0.39, 0.29) is 11.5 Å². The Morgan fingerprint density at radius 1 is 1.10 bits per heavy atom. The number of hydrogen-bond acceptors (Lipinski definition) is 5. The van der Waals surface area contributed by atoms with Crippen molar-refractivity contribution in [2.45, 2.75) is 6.04 Å². The number of halogens is 2. The van der Waals surface area contributed by atoms with E-state index in [1.165, 1.54) is 70.0 Å². The molecule has 0 aliphatic carbocycles. The minimum absolute atomic E-state index is 0.0698. The molecule has 1 aliphatic rings. The highest BCUT2D eigenvalue weighted by Crippen LogP contribution is 2.24. The second-order valence-corrected chi connectivity index (χ2v) is 7.31. The van der Waals surface area contributed by atoms with Crippen LogP contribution in [0.2, 0.25) is 0 Å². The van der Waals surface area contributed by atoms with Crippen LogP contribution in [-0.2, 0) is 4.79 Å². The molecule has 1 aliphatic heterocycles. The molecule has 0 saturated carbocycles. The van der Waals surface area contributed by atoms with Gasteiger partial charge in [-0.15, -0.1) is 16.9 Å². The van der Waals surface area contributed by atoms with Crippen molar-refractivity contribution in [1.82, 2.24) is 19.9 Å². The van der Waals surface area contributed by atoms with Gasteiger partial charge in [0.15, 0.2) is 5.69 Å². The first-order chi connectivity index (χ1) is 14.0. The Kier molecular flexibility index (Phi) is 5.26. The van der Waals surface area contributed by atoms with Crippen LogP contribution in [0.25, 0.3) is 5.69 Å². The minimum atomic E-state index is -0.716. The number of nitrogens with one attached hydrogen (secondary N) is 1. The molecule has 0 bridgehead atoms. The van der Waals surface area contributed by atoms with Crippen molar-refractivity contribution in [1.29, 1.82) is 0 Å². The molecule has 1 N–H and O–H groups in total. The average Bonchev–Trinajstić information content (AvgIpc) is 3.38. The summed E-state index contributed by atoms with van der Waals surface area (Å²) in [6.45, 7) is 0. The molecule has 2 aromatic carbocycles. The van der Waals surface area contributed by atoms with Crippen LogP contribution in [0.1, 0.15) is 10.5 Å². The first kappa shape index (κ1) is 19.1. The smallest absolute Gasteiger partial charge is 0.277 e. The van der Waals surface area contributed by atoms with Crippen LogP contribution in [0.15, 0.2) is 54.7 Å². The average molecular weight is 415 g/mol. The second kappa shape index (κ2) is 8.00. The van der Waals surface area contributed by atoms with Gasteiger partial charge in [-0.25, -0.2) is 13.5 Å². The standard InChI is InChI=1S/C19H15F2N5O2S/c20-12-4-6-15(7-5-12)26-9-16(23-24-26)19(28)25-11-29-10-17(25)18(27)22-14-3-1-2-13(21)8-14/h1-9,17H,10-11H2,(H,22,27). The normalized spacial score (nSPS) is 16.1. The summed E-state index contributed by atoms with van der Waals surface area (Å²) < 4.78 is 27.8. The molecule has 148 valence electrons. The summed E-state index contributed by atoms with van der Waals surface area (Å²) in [6, 6.07) is 10.4. The molecule has 2 amide bonds. The van der Waals surface area contributed by atoms with E-state index in [2.05, 4.69) is 15.6 Å². The number of hydrogen-bond donors (Lipinski definition) is 1. The van der Waals surface area contributed by atoms with Gasteiger partial charge < -0.3 is 10.2 Å². The topological polar surface area (TPSA) is 80.1 Å². The molecule has 4 rings (SSSR count). The second-order valence-electron chi connectivity index (χ2n) is 6.31. The van der Waals surface area contributed by atoms with Gasteiger partial charge >= 0.3 is 0 Å². The monoisotopic (exact) mass is 415 g/mol. The third kappa shape index (κ3) is 4.11. The first-order valence-electron chi connectivity index (χ1n) is 8.65. The van der Waals surface area contributed by atoms with E-state index in [1.807, 2.05) is 0 Å². The van der Waals surface area contributed by atoms with E-state index < -0.39 is 23.7 Å². The van der Waals surface area contributed by atoms with E-state index >= 15 is 0 Å². The van der Waals surface area contributed by atoms with Gasteiger partial charge in [0.1, 0.15) is 17.7 Å². The third-order valence-corrected chi connectivity index (χ3v) is 5.35. The lowest BCUT2D eigenvalue weighted by Crippen LogP contribution is -2.44. The lowest BCUT2D eigenvalue weighted by Gasteiger charge is -2.22. The Morgan fingerprint density at radius 2 is 1.90 bits per heavy atom. The summed E-state index contributed by atoms with van der Waals surface area (Å²) in [5.41, 5.74) is 0.941. The summed E-state index contributed by atoms with van der Waals surface area (Å²) in [7, 11) is 0. The van der Waals surface area contributed by atoms with Gasteiger partial charge in [-0.3, -0.25) is 9.59 Å². The predicted octanol–water partition coefficient (Wildman–Crippen LogP) is 2.70.